The van der Waals surface area contributed by atoms with Gasteiger partial charge in [0.05, 0.1) is 17.0 Å². The molecule has 4 atom stereocenters. The molecule has 1 amide bonds. The number of nitrogens with one attached hydrogen (secondary N) is 1. The fourth-order valence-corrected chi connectivity index (χ4v) is 6.95. The Hall–Kier alpha value is -2.89. The number of carboxylic acids is 1. The Morgan fingerprint density at radius 1 is 1.03 bits per heavy atom. The maximum absolute atomic E-state index is 15.0. The SMILES string of the molecule is Cc1cccc(F)c1C(=O)N1C2CCCC2CC(C(=O)O)C1(C)c1ccc(NC2CCCC2)cc1. The Morgan fingerprint density at radius 3 is 2.40 bits per heavy atom. The van der Waals surface area contributed by atoms with Crippen LogP contribution >= 0.6 is 0 Å². The summed E-state index contributed by atoms with van der Waals surface area (Å²) in [5.41, 5.74) is 1.33. The maximum atomic E-state index is 15.0. The molecule has 4 unspecified atom stereocenters. The van der Waals surface area contributed by atoms with E-state index >= 15 is 0 Å². The molecule has 35 heavy (non-hydrogen) atoms. The van der Waals surface area contributed by atoms with Crippen LogP contribution in [0.25, 0.3) is 0 Å². The van der Waals surface area contributed by atoms with Crippen molar-refractivity contribution in [2.45, 2.75) is 82.8 Å². The van der Waals surface area contributed by atoms with Crippen LogP contribution < -0.4 is 5.32 Å². The zero-order valence-electron chi connectivity index (χ0n) is 20.6. The largest absolute Gasteiger partial charge is 0.481 e. The number of carbonyl (C=O) groups is 2. The number of carbonyl (C=O) groups excluding carboxylic acids is 1. The smallest absolute Gasteiger partial charge is 0.309 e. The number of likely N-dealkylation sites (tertiary alicyclic amines) is 1. The number of anilines is 1. The second-order valence-electron chi connectivity index (χ2n) is 10.8. The predicted octanol–water partition coefficient (Wildman–Crippen LogP) is 6.12. The van der Waals surface area contributed by atoms with Crippen LogP contribution in [0.15, 0.2) is 42.5 Å². The summed E-state index contributed by atoms with van der Waals surface area (Å²) in [6, 6.07) is 12.9. The van der Waals surface area contributed by atoms with Crippen LogP contribution in [0, 0.1) is 24.6 Å². The molecule has 0 aromatic heterocycles. The Balaban J connectivity index is 1.59. The van der Waals surface area contributed by atoms with E-state index in [9.17, 15) is 19.1 Å². The van der Waals surface area contributed by atoms with E-state index in [0.29, 0.717) is 18.0 Å². The fourth-order valence-electron chi connectivity index (χ4n) is 6.95. The normalized spacial score (nSPS) is 28.7. The van der Waals surface area contributed by atoms with Crippen LogP contribution in [0.5, 0.6) is 0 Å². The number of halogens is 1. The Labute approximate surface area is 206 Å². The lowest BCUT2D eigenvalue weighted by atomic mass is 9.68. The van der Waals surface area contributed by atoms with Crippen molar-refractivity contribution in [2.24, 2.45) is 11.8 Å². The Kier molecular flexibility index (Phi) is 6.32. The highest BCUT2D eigenvalue weighted by Crippen LogP contribution is 2.52. The molecular weight excluding hydrogens is 443 g/mol. The van der Waals surface area contributed by atoms with Gasteiger partial charge in [0.15, 0.2) is 0 Å². The number of aliphatic carboxylic acids is 1. The number of hydrogen-bond donors (Lipinski definition) is 2. The standard InChI is InChI=1S/C29H35FN2O3/c1-18-7-5-11-24(30)26(18)27(33)32-25-12-6-8-19(25)17-23(28(34)35)29(32,2)20-13-15-22(16-14-20)31-21-9-3-4-10-21/h5,7,11,13-16,19,21,23,25,31H,3-4,6,8-10,12,17H2,1-2H3,(H,34,35). The highest BCUT2D eigenvalue weighted by Gasteiger charge is 2.57. The van der Waals surface area contributed by atoms with Crippen molar-refractivity contribution in [1.29, 1.82) is 0 Å². The molecule has 3 fully saturated rings. The minimum atomic E-state index is -1.09. The lowest BCUT2D eigenvalue weighted by Gasteiger charge is -2.54. The number of nitrogens with zero attached hydrogens (tertiary/aromatic N) is 1. The van der Waals surface area contributed by atoms with Crippen molar-refractivity contribution in [2.75, 3.05) is 5.32 Å². The zero-order valence-corrected chi connectivity index (χ0v) is 20.6. The molecule has 1 heterocycles. The molecule has 5 nitrogen and oxygen atoms in total. The Morgan fingerprint density at radius 2 is 1.74 bits per heavy atom. The van der Waals surface area contributed by atoms with E-state index in [4.69, 9.17) is 0 Å². The first-order valence-corrected chi connectivity index (χ1v) is 13.0. The number of hydrogen-bond acceptors (Lipinski definition) is 3. The molecular formula is C29H35FN2O3. The second kappa shape index (κ2) is 9.29. The second-order valence-corrected chi connectivity index (χ2v) is 10.8. The van der Waals surface area contributed by atoms with Gasteiger partial charge in [-0.1, -0.05) is 43.5 Å². The summed E-state index contributed by atoms with van der Waals surface area (Å²) in [6.45, 7) is 3.61. The lowest BCUT2D eigenvalue weighted by molar-refractivity contribution is -0.153. The maximum Gasteiger partial charge on any atom is 0.309 e. The van der Waals surface area contributed by atoms with Crippen molar-refractivity contribution in [3.63, 3.8) is 0 Å². The number of benzene rings is 2. The minimum Gasteiger partial charge on any atom is -0.481 e. The number of amides is 1. The molecule has 2 N–H and O–H groups in total. The van der Waals surface area contributed by atoms with Gasteiger partial charge < -0.3 is 15.3 Å². The fraction of sp³-hybridized carbons (Fsp3) is 0.517. The van der Waals surface area contributed by atoms with E-state index in [1.165, 1.54) is 18.9 Å². The summed E-state index contributed by atoms with van der Waals surface area (Å²) in [6.07, 6.45) is 7.98. The molecule has 2 aromatic carbocycles. The molecule has 186 valence electrons. The average molecular weight is 479 g/mol. The first kappa shape index (κ1) is 23.8. The number of piperidine rings is 1. The van der Waals surface area contributed by atoms with Crippen molar-refractivity contribution in [1.82, 2.24) is 4.90 Å². The number of fused-ring (bicyclic) bond motifs is 1. The van der Waals surface area contributed by atoms with E-state index in [1.807, 2.05) is 31.2 Å². The first-order chi connectivity index (χ1) is 16.8. The highest BCUT2D eigenvalue weighted by molar-refractivity contribution is 5.97. The van der Waals surface area contributed by atoms with Gasteiger partial charge in [-0.25, -0.2) is 4.39 Å². The molecule has 5 rings (SSSR count). The van der Waals surface area contributed by atoms with Crippen LogP contribution in [0.1, 0.15) is 79.8 Å². The van der Waals surface area contributed by atoms with Crippen molar-refractivity contribution in [3.8, 4) is 0 Å². The van der Waals surface area contributed by atoms with Gasteiger partial charge in [-0.05, 0) is 81.2 Å². The number of rotatable bonds is 5. The molecule has 1 aliphatic heterocycles. The first-order valence-electron chi connectivity index (χ1n) is 13.0. The molecule has 6 heteroatoms. The third-order valence-corrected chi connectivity index (χ3v) is 8.82. The molecule has 0 radical (unpaired) electrons. The number of aryl methyl sites for hydroxylation is 1. The van der Waals surface area contributed by atoms with Crippen LogP contribution in [-0.4, -0.2) is 34.0 Å². The summed E-state index contributed by atoms with van der Waals surface area (Å²) < 4.78 is 15.0. The Bertz CT molecular complexity index is 1090. The van der Waals surface area contributed by atoms with Crippen LogP contribution in [0.4, 0.5) is 10.1 Å². The highest BCUT2D eigenvalue weighted by atomic mass is 19.1. The van der Waals surface area contributed by atoms with Crippen molar-refractivity contribution in [3.05, 3.63) is 65.0 Å². The van der Waals surface area contributed by atoms with Crippen LogP contribution in [0.2, 0.25) is 0 Å². The summed E-state index contributed by atoms with van der Waals surface area (Å²) in [7, 11) is 0. The third-order valence-electron chi connectivity index (χ3n) is 8.82. The average Bonchev–Trinajstić information content (AvgIpc) is 3.50. The predicted molar refractivity (Wildman–Crippen MR) is 134 cm³/mol. The monoisotopic (exact) mass is 478 g/mol. The quantitative estimate of drug-likeness (QED) is 0.543. The summed E-state index contributed by atoms with van der Waals surface area (Å²) in [4.78, 5) is 28.5. The van der Waals surface area contributed by atoms with Crippen LogP contribution in [0.3, 0.4) is 0 Å². The zero-order chi connectivity index (χ0) is 24.7. The van der Waals surface area contributed by atoms with Gasteiger partial charge in [0.1, 0.15) is 5.82 Å². The van der Waals surface area contributed by atoms with Gasteiger partial charge in [-0.15, -0.1) is 0 Å². The van der Waals surface area contributed by atoms with Gasteiger partial charge in [0.2, 0.25) is 0 Å². The van der Waals surface area contributed by atoms with Gasteiger partial charge in [0, 0.05) is 17.8 Å². The molecule has 1 saturated heterocycles. The van der Waals surface area contributed by atoms with Gasteiger partial charge >= 0.3 is 5.97 Å². The summed E-state index contributed by atoms with van der Waals surface area (Å²) in [5, 5.41) is 13.9. The molecule has 3 aliphatic rings. The van der Waals surface area contributed by atoms with Gasteiger partial charge in [0.25, 0.3) is 5.91 Å². The summed E-state index contributed by atoms with van der Waals surface area (Å²) >= 11 is 0. The van der Waals surface area contributed by atoms with Gasteiger partial charge in [-0.3, -0.25) is 9.59 Å². The van der Waals surface area contributed by atoms with E-state index < -0.39 is 29.2 Å². The van der Waals surface area contributed by atoms with Crippen molar-refractivity contribution >= 4 is 17.6 Å². The van der Waals surface area contributed by atoms with E-state index in [1.54, 1.807) is 24.0 Å². The van der Waals surface area contributed by atoms with E-state index in [0.717, 1.165) is 43.4 Å². The van der Waals surface area contributed by atoms with Gasteiger partial charge in [-0.2, -0.15) is 0 Å². The van der Waals surface area contributed by atoms with E-state index in [-0.39, 0.29) is 17.5 Å². The lowest BCUT2D eigenvalue weighted by Crippen LogP contribution is -2.63. The third kappa shape index (κ3) is 4.11. The molecule has 0 spiro atoms. The topological polar surface area (TPSA) is 69.6 Å². The summed E-state index contributed by atoms with van der Waals surface area (Å²) in [5.74, 6) is -2.52. The van der Waals surface area contributed by atoms with Crippen molar-refractivity contribution < 1.29 is 19.1 Å². The minimum absolute atomic E-state index is 0.0509. The molecule has 0 bridgehead atoms. The van der Waals surface area contributed by atoms with Crippen LogP contribution in [-0.2, 0) is 10.3 Å². The molecule has 2 saturated carbocycles. The van der Waals surface area contributed by atoms with E-state index in [2.05, 4.69) is 5.32 Å². The molecule has 2 aliphatic carbocycles. The molecule has 2 aromatic rings. The number of carboxylic acid groups (broad SMARTS) is 1.